The number of hydrogen-bond donors (Lipinski definition) is 1. The lowest BCUT2D eigenvalue weighted by atomic mass is 10.2. The first-order valence-corrected chi connectivity index (χ1v) is 7.42. The number of amides is 1. The number of hydrogen-bond acceptors (Lipinski definition) is 6. The van der Waals surface area contributed by atoms with Crippen LogP contribution < -0.4 is 10.1 Å². The Kier molecular flexibility index (Phi) is 4.81. The molecular weight excluding hydrogens is 308 g/mol. The van der Waals surface area contributed by atoms with Crippen LogP contribution >= 0.6 is 0 Å². The fourth-order valence-corrected chi connectivity index (χ4v) is 2.17. The summed E-state index contributed by atoms with van der Waals surface area (Å²) in [5.41, 5.74) is 1.30. The molecule has 7 heteroatoms. The predicted molar refractivity (Wildman–Crippen MR) is 86.6 cm³/mol. The van der Waals surface area contributed by atoms with Gasteiger partial charge in [0.05, 0.1) is 12.7 Å². The molecule has 3 rings (SSSR count). The second-order valence-corrected chi connectivity index (χ2v) is 4.94. The topological polar surface area (TPSA) is 90.1 Å². The Bertz CT molecular complexity index is 817. The van der Waals surface area contributed by atoms with Gasteiger partial charge in [0.15, 0.2) is 0 Å². The minimum atomic E-state index is -0.165. The molecule has 1 N–H and O–H groups in total. The summed E-state index contributed by atoms with van der Waals surface area (Å²) in [7, 11) is 1.59. The molecule has 0 spiro atoms. The number of pyridine rings is 1. The molecule has 3 aromatic rings. The minimum Gasteiger partial charge on any atom is -0.496 e. The van der Waals surface area contributed by atoms with Gasteiger partial charge in [-0.25, -0.2) is 0 Å². The van der Waals surface area contributed by atoms with E-state index in [1.54, 1.807) is 31.6 Å². The van der Waals surface area contributed by atoms with Gasteiger partial charge in [-0.05, 0) is 24.3 Å². The molecule has 0 saturated carbocycles. The first kappa shape index (κ1) is 15.7. The maximum Gasteiger partial charge on any atom is 0.251 e. The highest BCUT2D eigenvalue weighted by atomic mass is 16.5. The largest absolute Gasteiger partial charge is 0.496 e. The average Bonchev–Trinajstić information content (AvgIpc) is 3.11. The Balaban J connectivity index is 1.60. The van der Waals surface area contributed by atoms with E-state index in [9.17, 15) is 4.79 Å². The number of ether oxygens (including phenoxy) is 1. The van der Waals surface area contributed by atoms with Gasteiger partial charge >= 0.3 is 0 Å². The highest BCUT2D eigenvalue weighted by Gasteiger charge is 2.13. The van der Waals surface area contributed by atoms with Crippen molar-refractivity contribution >= 4 is 5.91 Å². The molecule has 2 heterocycles. The maximum atomic E-state index is 11.9. The van der Waals surface area contributed by atoms with Crippen LogP contribution in [0.5, 0.6) is 5.75 Å². The number of carbonyl (C=O) groups is 1. The molecule has 0 aliphatic heterocycles. The van der Waals surface area contributed by atoms with Gasteiger partial charge in [0.2, 0.25) is 5.89 Å². The Morgan fingerprint density at radius 3 is 2.75 bits per heavy atom. The number of carbonyl (C=O) groups excluding carboxylic acids is 1. The Labute approximate surface area is 138 Å². The Morgan fingerprint density at radius 1 is 1.17 bits per heavy atom. The summed E-state index contributed by atoms with van der Waals surface area (Å²) in [6, 6.07) is 10.7. The van der Waals surface area contributed by atoms with Crippen molar-refractivity contribution in [3.05, 3.63) is 60.2 Å². The third-order valence-electron chi connectivity index (χ3n) is 3.37. The number of nitrogens with one attached hydrogen (secondary N) is 1. The summed E-state index contributed by atoms with van der Waals surface area (Å²) in [6.45, 7) is 0.398. The molecule has 0 radical (unpaired) electrons. The van der Waals surface area contributed by atoms with Gasteiger partial charge in [0.1, 0.15) is 5.75 Å². The van der Waals surface area contributed by atoms with E-state index in [1.165, 1.54) is 0 Å². The molecular formula is C17H16N4O3. The lowest BCUT2D eigenvalue weighted by molar-refractivity contribution is 0.0953. The van der Waals surface area contributed by atoms with E-state index in [1.807, 2.05) is 24.3 Å². The van der Waals surface area contributed by atoms with Crippen LogP contribution in [0.3, 0.4) is 0 Å². The van der Waals surface area contributed by atoms with Gasteiger partial charge in [-0.1, -0.05) is 12.1 Å². The van der Waals surface area contributed by atoms with Crippen LogP contribution in [0.25, 0.3) is 11.5 Å². The fraction of sp³-hybridized carbons (Fsp3) is 0.176. The van der Waals surface area contributed by atoms with E-state index in [0.717, 1.165) is 5.56 Å². The first-order chi connectivity index (χ1) is 11.8. The third kappa shape index (κ3) is 3.57. The van der Waals surface area contributed by atoms with Crippen molar-refractivity contribution in [2.45, 2.75) is 6.42 Å². The maximum absolute atomic E-state index is 11.9. The molecule has 122 valence electrons. The summed E-state index contributed by atoms with van der Waals surface area (Å²) in [5.74, 6) is 1.34. The number of methoxy groups -OCH3 is 1. The van der Waals surface area contributed by atoms with Gasteiger partial charge in [-0.2, -0.15) is 0 Å². The SMILES string of the molecule is COc1ccccc1-c1nnc(CCNC(=O)c2ccncc2)o1. The van der Waals surface area contributed by atoms with E-state index < -0.39 is 0 Å². The molecule has 0 fully saturated rings. The number of para-hydroxylation sites is 1. The van der Waals surface area contributed by atoms with Crippen LogP contribution in [0.4, 0.5) is 0 Å². The molecule has 7 nitrogen and oxygen atoms in total. The fourth-order valence-electron chi connectivity index (χ4n) is 2.17. The predicted octanol–water partition coefficient (Wildman–Crippen LogP) is 2.11. The van der Waals surface area contributed by atoms with Crippen molar-refractivity contribution in [1.29, 1.82) is 0 Å². The minimum absolute atomic E-state index is 0.165. The van der Waals surface area contributed by atoms with Crippen molar-refractivity contribution in [3.63, 3.8) is 0 Å². The number of nitrogens with zero attached hydrogens (tertiary/aromatic N) is 3. The van der Waals surface area contributed by atoms with E-state index in [2.05, 4.69) is 20.5 Å². The summed E-state index contributed by atoms with van der Waals surface area (Å²) in [6.07, 6.45) is 3.60. The van der Waals surface area contributed by atoms with Crippen LogP contribution in [0.1, 0.15) is 16.2 Å². The zero-order valence-corrected chi connectivity index (χ0v) is 13.1. The van der Waals surface area contributed by atoms with E-state index in [4.69, 9.17) is 9.15 Å². The smallest absolute Gasteiger partial charge is 0.251 e. The second-order valence-electron chi connectivity index (χ2n) is 4.94. The van der Waals surface area contributed by atoms with Crippen molar-refractivity contribution in [2.24, 2.45) is 0 Å². The molecule has 24 heavy (non-hydrogen) atoms. The monoisotopic (exact) mass is 324 g/mol. The molecule has 0 saturated heterocycles. The van der Waals surface area contributed by atoms with Gasteiger partial charge in [0, 0.05) is 30.9 Å². The van der Waals surface area contributed by atoms with E-state index in [0.29, 0.717) is 36.1 Å². The highest BCUT2D eigenvalue weighted by molar-refractivity contribution is 5.93. The molecule has 0 bridgehead atoms. The lowest BCUT2D eigenvalue weighted by Crippen LogP contribution is -2.25. The zero-order chi connectivity index (χ0) is 16.8. The van der Waals surface area contributed by atoms with Crippen molar-refractivity contribution in [1.82, 2.24) is 20.5 Å². The standard InChI is InChI=1S/C17H16N4O3/c1-23-14-5-3-2-4-13(14)17-21-20-15(24-17)8-11-19-16(22)12-6-9-18-10-7-12/h2-7,9-10H,8,11H2,1H3,(H,19,22). The van der Waals surface area contributed by atoms with Gasteiger partial charge in [-0.3, -0.25) is 9.78 Å². The summed E-state index contributed by atoms with van der Waals surface area (Å²) < 4.78 is 10.9. The van der Waals surface area contributed by atoms with Crippen LogP contribution in [0, 0.1) is 0 Å². The van der Waals surface area contributed by atoms with Crippen LogP contribution in [-0.2, 0) is 6.42 Å². The molecule has 0 aliphatic rings. The number of aromatic nitrogens is 3. The highest BCUT2D eigenvalue weighted by Crippen LogP contribution is 2.28. The lowest BCUT2D eigenvalue weighted by Gasteiger charge is -2.04. The quantitative estimate of drug-likeness (QED) is 0.747. The zero-order valence-electron chi connectivity index (χ0n) is 13.1. The number of benzene rings is 1. The van der Waals surface area contributed by atoms with Crippen LogP contribution in [-0.4, -0.2) is 34.7 Å². The van der Waals surface area contributed by atoms with Gasteiger partial charge in [0.25, 0.3) is 11.8 Å². The Morgan fingerprint density at radius 2 is 1.96 bits per heavy atom. The average molecular weight is 324 g/mol. The molecule has 0 unspecified atom stereocenters. The molecule has 2 aromatic heterocycles. The molecule has 0 aliphatic carbocycles. The normalized spacial score (nSPS) is 10.4. The van der Waals surface area contributed by atoms with Gasteiger partial charge < -0.3 is 14.5 Å². The Hall–Kier alpha value is -3.22. The number of rotatable bonds is 6. The molecule has 0 atom stereocenters. The van der Waals surface area contributed by atoms with E-state index in [-0.39, 0.29) is 5.91 Å². The summed E-state index contributed by atoms with van der Waals surface area (Å²) in [4.78, 5) is 15.8. The summed E-state index contributed by atoms with van der Waals surface area (Å²) in [5, 5.41) is 10.8. The van der Waals surface area contributed by atoms with E-state index >= 15 is 0 Å². The van der Waals surface area contributed by atoms with Crippen molar-refractivity contribution in [2.75, 3.05) is 13.7 Å². The van der Waals surface area contributed by atoms with Gasteiger partial charge in [-0.15, -0.1) is 10.2 Å². The third-order valence-corrected chi connectivity index (χ3v) is 3.37. The van der Waals surface area contributed by atoms with Crippen molar-refractivity contribution in [3.8, 4) is 17.2 Å². The first-order valence-electron chi connectivity index (χ1n) is 7.42. The molecule has 1 amide bonds. The van der Waals surface area contributed by atoms with Crippen LogP contribution in [0.2, 0.25) is 0 Å². The summed E-state index contributed by atoms with van der Waals surface area (Å²) >= 11 is 0. The second kappa shape index (κ2) is 7.36. The molecule has 1 aromatic carbocycles. The van der Waals surface area contributed by atoms with Crippen molar-refractivity contribution < 1.29 is 13.9 Å². The van der Waals surface area contributed by atoms with Crippen LogP contribution in [0.15, 0.2) is 53.2 Å².